The Morgan fingerprint density at radius 3 is 2.12 bits per heavy atom. The second kappa shape index (κ2) is 9.55. The third-order valence-electron chi connectivity index (χ3n) is 4.53. The maximum Gasteiger partial charge on any atom is 0.416 e. The van der Waals surface area contributed by atoms with Crippen LogP contribution in [-0.4, -0.2) is 18.4 Å². The first-order valence-electron chi connectivity index (χ1n) is 9.81. The van der Waals surface area contributed by atoms with Gasteiger partial charge in [0.15, 0.2) is 0 Å². The molecule has 0 atom stereocenters. The highest BCUT2D eigenvalue weighted by atomic mass is 19.4. The Balaban J connectivity index is 1.61. The van der Waals surface area contributed by atoms with Crippen LogP contribution in [0.2, 0.25) is 0 Å². The zero-order chi connectivity index (χ0) is 23.3. The molecule has 0 unspecified atom stereocenters. The number of amides is 2. The molecule has 0 fully saturated rings. The second-order valence-corrected chi connectivity index (χ2v) is 7.39. The van der Waals surface area contributed by atoms with E-state index in [-0.39, 0.29) is 23.7 Å². The molecule has 3 aromatic carbocycles. The van der Waals surface area contributed by atoms with E-state index in [9.17, 15) is 22.8 Å². The highest BCUT2D eigenvalue weighted by Crippen LogP contribution is 2.30. The molecule has 3 aromatic rings. The van der Waals surface area contributed by atoms with Crippen molar-refractivity contribution in [3.05, 3.63) is 89.0 Å². The number of benzene rings is 3. The summed E-state index contributed by atoms with van der Waals surface area (Å²) >= 11 is 0. The van der Waals surface area contributed by atoms with Crippen molar-refractivity contribution in [2.45, 2.75) is 20.0 Å². The summed E-state index contributed by atoms with van der Waals surface area (Å²) in [4.78, 5) is 24.7. The van der Waals surface area contributed by atoms with Gasteiger partial charge >= 0.3 is 6.18 Å². The molecule has 0 heterocycles. The quantitative estimate of drug-likeness (QED) is 0.465. The number of hydrogen-bond acceptors (Lipinski definition) is 3. The zero-order valence-electron chi connectivity index (χ0n) is 17.5. The normalized spacial score (nSPS) is 11.0. The molecule has 0 aliphatic rings. The summed E-state index contributed by atoms with van der Waals surface area (Å²) in [5.74, 6) is -0.818. The van der Waals surface area contributed by atoms with Gasteiger partial charge in [-0.15, -0.1) is 0 Å². The molecule has 3 N–H and O–H groups in total. The van der Waals surface area contributed by atoms with Crippen molar-refractivity contribution in [1.82, 2.24) is 0 Å². The molecule has 8 heteroatoms. The van der Waals surface area contributed by atoms with Gasteiger partial charge in [-0.25, -0.2) is 0 Å². The van der Waals surface area contributed by atoms with Gasteiger partial charge in [-0.2, -0.15) is 13.2 Å². The fraction of sp³-hybridized carbons (Fsp3) is 0.167. The van der Waals surface area contributed by atoms with Crippen LogP contribution in [0.3, 0.4) is 0 Å². The number of halogens is 3. The smallest absolute Gasteiger partial charge is 0.376 e. The summed E-state index contributed by atoms with van der Waals surface area (Å²) < 4.78 is 38.6. The molecule has 32 heavy (non-hydrogen) atoms. The van der Waals surface area contributed by atoms with Gasteiger partial charge in [0.25, 0.3) is 5.91 Å². The summed E-state index contributed by atoms with van der Waals surface area (Å²) in [5, 5.41) is 8.21. The lowest BCUT2D eigenvalue weighted by atomic mass is 10.1. The van der Waals surface area contributed by atoms with Crippen molar-refractivity contribution in [3.63, 3.8) is 0 Å². The molecule has 0 aliphatic heterocycles. The fourth-order valence-corrected chi connectivity index (χ4v) is 3.18. The van der Waals surface area contributed by atoms with E-state index in [0.717, 1.165) is 23.3 Å². The number of nitrogens with one attached hydrogen (secondary N) is 3. The van der Waals surface area contributed by atoms with Crippen molar-refractivity contribution in [2.75, 3.05) is 22.5 Å². The molecule has 0 aromatic heterocycles. The number of rotatable bonds is 6. The minimum absolute atomic E-state index is 0.0221. The largest absolute Gasteiger partial charge is 0.416 e. The van der Waals surface area contributed by atoms with Crippen LogP contribution >= 0.6 is 0 Å². The lowest BCUT2D eigenvalue weighted by molar-refractivity contribution is -0.137. The summed E-state index contributed by atoms with van der Waals surface area (Å²) in [6, 6.07) is 16.5. The van der Waals surface area contributed by atoms with Crippen molar-refractivity contribution < 1.29 is 22.8 Å². The Hall–Kier alpha value is -3.81. The molecule has 0 spiro atoms. The molecule has 0 radical (unpaired) electrons. The van der Waals surface area contributed by atoms with E-state index in [0.29, 0.717) is 11.4 Å². The van der Waals surface area contributed by atoms with Crippen LogP contribution in [0.4, 0.5) is 30.2 Å². The number of hydrogen-bond donors (Lipinski definition) is 3. The summed E-state index contributed by atoms with van der Waals surface area (Å²) in [5.41, 5.74) is 2.72. The molecule has 3 rings (SSSR count). The average molecular weight is 441 g/mol. The maximum atomic E-state index is 12.9. The fourth-order valence-electron chi connectivity index (χ4n) is 3.18. The zero-order valence-corrected chi connectivity index (χ0v) is 17.5. The Labute approximate surface area is 183 Å². The van der Waals surface area contributed by atoms with Gasteiger partial charge < -0.3 is 16.0 Å². The number of aryl methyl sites for hydroxylation is 2. The van der Waals surface area contributed by atoms with Gasteiger partial charge in [-0.1, -0.05) is 18.2 Å². The third kappa shape index (κ3) is 6.34. The number of alkyl halides is 3. The van der Waals surface area contributed by atoms with E-state index < -0.39 is 17.6 Å². The van der Waals surface area contributed by atoms with Crippen LogP contribution in [0.15, 0.2) is 66.7 Å². The predicted molar refractivity (Wildman–Crippen MR) is 119 cm³/mol. The van der Waals surface area contributed by atoms with Crippen molar-refractivity contribution in [2.24, 2.45) is 0 Å². The summed E-state index contributed by atoms with van der Waals surface area (Å²) in [7, 11) is 0. The van der Waals surface area contributed by atoms with Gasteiger partial charge in [0, 0.05) is 22.6 Å². The van der Waals surface area contributed by atoms with E-state index in [4.69, 9.17) is 0 Å². The van der Waals surface area contributed by atoms with Gasteiger partial charge in [0.05, 0.1) is 12.1 Å². The van der Waals surface area contributed by atoms with Gasteiger partial charge in [-0.3, -0.25) is 9.59 Å². The number of carbonyl (C=O) groups excluding carboxylic acids is 2. The second-order valence-electron chi connectivity index (χ2n) is 7.39. The van der Waals surface area contributed by atoms with Gasteiger partial charge in [0.2, 0.25) is 5.91 Å². The standard InChI is InChI=1S/C24H22F3N3O2/c1-15-9-16(2)11-21(10-15)29-22(31)14-28-19-7-3-5-17(12-19)23(32)30-20-8-4-6-18(13-20)24(25,26)27/h3-13,28H,14H2,1-2H3,(H,29,31)(H,30,32). The van der Waals surface area contributed by atoms with Crippen LogP contribution in [0.25, 0.3) is 0 Å². The molecule has 5 nitrogen and oxygen atoms in total. The van der Waals surface area contributed by atoms with E-state index in [1.54, 1.807) is 12.1 Å². The lowest BCUT2D eigenvalue weighted by Crippen LogP contribution is -2.22. The van der Waals surface area contributed by atoms with E-state index in [1.165, 1.54) is 24.3 Å². The minimum atomic E-state index is -4.50. The third-order valence-corrected chi connectivity index (χ3v) is 4.53. The molecule has 0 saturated heterocycles. The first-order chi connectivity index (χ1) is 15.1. The average Bonchev–Trinajstić information content (AvgIpc) is 2.71. The molecule has 0 aliphatic carbocycles. The van der Waals surface area contributed by atoms with E-state index in [2.05, 4.69) is 16.0 Å². The predicted octanol–water partition coefficient (Wildman–Crippen LogP) is 5.63. The van der Waals surface area contributed by atoms with Gasteiger partial charge in [0.1, 0.15) is 0 Å². The van der Waals surface area contributed by atoms with E-state index in [1.807, 2.05) is 32.0 Å². The molecule has 166 valence electrons. The van der Waals surface area contributed by atoms with Crippen LogP contribution in [-0.2, 0) is 11.0 Å². The minimum Gasteiger partial charge on any atom is -0.376 e. The Kier molecular flexibility index (Phi) is 6.82. The monoisotopic (exact) mass is 441 g/mol. The topological polar surface area (TPSA) is 70.2 Å². The van der Waals surface area contributed by atoms with Crippen LogP contribution < -0.4 is 16.0 Å². The van der Waals surface area contributed by atoms with Crippen LogP contribution in [0, 0.1) is 13.8 Å². The van der Waals surface area contributed by atoms with Crippen molar-refractivity contribution in [1.29, 1.82) is 0 Å². The van der Waals surface area contributed by atoms with Crippen molar-refractivity contribution in [3.8, 4) is 0 Å². The lowest BCUT2D eigenvalue weighted by Gasteiger charge is -2.11. The highest BCUT2D eigenvalue weighted by Gasteiger charge is 2.30. The first-order valence-corrected chi connectivity index (χ1v) is 9.81. The Bertz CT molecular complexity index is 1120. The molecule has 2 amide bonds. The molecular weight excluding hydrogens is 419 g/mol. The molecule has 0 saturated carbocycles. The number of carbonyl (C=O) groups is 2. The Morgan fingerprint density at radius 2 is 1.44 bits per heavy atom. The summed E-state index contributed by atoms with van der Waals surface area (Å²) in [6.45, 7) is 3.86. The maximum absolute atomic E-state index is 12.9. The van der Waals surface area contributed by atoms with Crippen LogP contribution in [0.5, 0.6) is 0 Å². The highest BCUT2D eigenvalue weighted by molar-refractivity contribution is 6.05. The summed E-state index contributed by atoms with van der Waals surface area (Å²) in [6.07, 6.45) is -4.50. The molecular formula is C24H22F3N3O2. The Morgan fingerprint density at radius 1 is 0.781 bits per heavy atom. The van der Waals surface area contributed by atoms with E-state index >= 15 is 0 Å². The van der Waals surface area contributed by atoms with Crippen LogP contribution in [0.1, 0.15) is 27.0 Å². The first kappa shape index (κ1) is 22.9. The molecule has 0 bridgehead atoms. The van der Waals surface area contributed by atoms with Crippen molar-refractivity contribution >= 4 is 28.9 Å². The number of anilines is 3. The van der Waals surface area contributed by atoms with Gasteiger partial charge in [-0.05, 0) is 73.5 Å². The SMILES string of the molecule is Cc1cc(C)cc(NC(=O)CNc2cccc(C(=O)Nc3cccc(C(F)(F)F)c3)c2)c1.